The van der Waals surface area contributed by atoms with E-state index in [2.05, 4.69) is 32.5 Å². The lowest BCUT2D eigenvalue weighted by Gasteiger charge is -2.27. The van der Waals surface area contributed by atoms with Gasteiger partial charge in [0.1, 0.15) is 0 Å². The first-order valence-electron chi connectivity index (χ1n) is 4.96. The molecule has 2 heteroatoms. The number of hydrogen-bond donors (Lipinski definition) is 1. The molecule has 72 valence electrons. The van der Waals surface area contributed by atoms with Crippen LogP contribution in [0.25, 0.3) is 0 Å². The Labute approximate surface area is 80.5 Å². The minimum absolute atomic E-state index is 0.431. The fraction of sp³-hybridized carbons (Fsp3) is 1.00. The van der Waals surface area contributed by atoms with E-state index in [4.69, 9.17) is 5.73 Å². The van der Waals surface area contributed by atoms with Gasteiger partial charge in [0.2, 0.25) is 0 Å². The molecule has 0 radical (unpaired) electrons. The van der Waals surface area contributed by atoms with E-state index in [1.807, 2.05) is 0 Å². The van der Waals surface area contributed by atoms with E-state index in [9.17, 15) is 0 Å². The van der Waals surface area contributed by atoms with Crippen LogP contribution in [0.3, 0.4) is 0 Å². The molecule has 0 aromatic heterocycles. The van der Waals surface area contributed by atoms with Crippen LogP contribution in [0.1, 0.15) is 27.2 Å². The van der Waals surface area contributed by atoms with Crippen LogP contribution in [-0.2, 0) is 0 Å². The van der Waals surface area contributed by atoms with Crippen molar-refractivity contribution in [3.05, 3.63) is 0 Å². The van der Waals surface area contributed by atoms with E-state index in [0.717, 1.165) is 11.8 Å². The molecule has 1 nitrogen and oxygen atoms in total. The van der Waals surface area contributed by atoms with Gasteiger partial charge in [0.15, 0.2) is 0 Å². The first-order valence-corrected chi connectivity index (χ1v) is 6.11. The van der Waals surface area contributed by atoms with E-state index in [1.165, 1.54) is 17.9 Å². The summed E-state index contributed by atoms with van der Waals surface area (Å²) in [5, 5.41) is 0. The zero-order valence-electron chi connectivity index (χ0n) is 8.42. The van der Waals surface area contributed by atoms with Gasteiger partial charge in [0.05, 0.1) is 0 Å². The standard InChI is InChI=1S/C10H21NS/c1-7(2)8(3)10(11)9-4-5-12-6-9/h7-10H,4-6,11H2,1-3H3. The Balaban J connectivity index is 2.39. The Hall–Kier alpha value is 0.310. The van der Waals surface area contributed by atoms with Gasteiger partial charge in [0, 0.05) is 6.04 Å². The summed E-state index contributed by atoms with van der Waals surface area (Å²) in [6.07, 6.45) is 1.34. The molecule has 1 saturated heterocycles. The van der Waals surface area contributed by atoms with Crippen molar-refractivity contribution in [3.63, 3.8) is 0 Å². The van der Waals surface area contributed by atoms with Crippen molar-refractivity contribution in [3.8, 4) is 0 Å². The molecule has 1 heterocycles. The monoisotopic (exact) mass is 187 g/mol. The third kappa shape index (κ3) is 2.40. The number of thioether (sulfide) groups is 1. The third-order valence-corrected chi connectivity index (χ3v) is 4.36. The topological polar surface area (TPSA) is 26.0 Å². The van der Waals surface area contributed by atoms with Crippen molar-refractivity contribution in [2.75, 3.05) is 11.5 Å². The highest BCUT2D eigenvalue weighted by atomic mass is 32.2. The lowest BCUT2D eigenvalue weighted by molar-refractivity contribution is 0.282. The van der Waals surface area contributed by atoms with Crippen LogP contribution in [0.4, 0.5) is 0 Å². The molecule has 3 atom stereocenters. The van der Waals surface area contributed by atoms with Crippen LogP contribution >= 0.6 is 11.8 Å². The lowest BCUT2D eigenvalue weighted by Crippen LogP contribution is -2.38. The summed E-state index contributed by atoms with van der Waals surface area (Å²) >= 11 is 2.06. The maximum Gasteiger partial charge on any atom is 0.0104 e. The van der Waals surface area contributed by atoms with Crippen molar-refractivity contribution < 1.29 is 0 Å². The molecule has 0 bridgehead atoms. The van der Waals surface area contributed by atoms with Gasteiger partial charge < -0.3 is 5.73 Å². The summed E-state index contributed by atoms with van der Waals surface area (Å²) in [7, 11) is 0. The highest BCUT2D eigenvalue weighted by Crippen LogP contribution is 2.30. The van der Waals surface area contributed by atoms with Gasteiger partial charge in [-0.2, -0.15) is 11.8 Å². The van der Waals surface area contributed by atoms with E-state index >= 15 is 0 Å². The van der Waals surface area contributed by atoms with E-state index in [0.29, 0.717) is 12.0 Å². The largest absolute Gasteiger partial charge is 0.327 e. The molecule has 0 aliphatic carbocycles. The second kappa shape index (κ2) is 4.52. The van der Waals surface area contributed by atoms with Crippen molar-refractivity contribution in [1.29, 1.82) is 0 Å². The summed E-state index contributed by atoms with van der Waals surface area (Å²) < 4.78 is 0. The van der Waals surface area contributed by atoms with Crippen molar-refractivity contribution in [1.82, 2.24) is 0 Å². The zero-order chi connectivity index (χ0) is 9.14. The molecule has 3 unspecified atom stereocenters. The minimum Gasteiger partial charge on any atom is -0.327 e. The average molecular weight is 187 g/mol. The Morgan fingerprint density at radius 3 is 2.42 bits per heavy atom. The molecule has 12 heavy (non-hydrogen) atoms. The summed E-state index contributed by atoms with van der Waals surface area (Å²) in [6.45, 7) is 6.83. The molecular formula is C10H21NS. The highest BCUT2D eigenvalue weighted by molar-refractivity contribution is 7.99. The third-order valence-electron chi connectivity index (χ3n) is 3.17. The van der Waals surface area contributed by atoms with Gasteiger partial charge in [-0.05, 0) is 35.7 Å². The molecule has 1 aliphatic heterocycles. The molecule has 1 fully saturated rings. The number of hydrogen-bond acceptors (Lipinski definition) is 2. The van der Waals surface area contributed by atoms with Gasteiger partial charge in [0.25, 0.3) is 0 Å². The Bertz CT molecular complexity index is 128. The van der Waals surface area contributed by atoms with Gasteiger partial charge in [-0.25, -0.2) is 0 Å². The first kappa shape index (κ1) is 10.4. The first-order chi connectivity index (χ1) is 5.63. The van der Waals surface area contributed by atoms with Crippen LogP contribution in [0.15, 0.2) is 0 Å². The van der Waals surface area contributed by atoms with Gasteiger partial charge in [-0.3, -0.25) is 0 Å². The van der Waals surface area contributed by atoms with Gasteiger partial charge in [-0.1, -0.05) is 20.8 Å². The predicted octanol–water partition coefficient (Wildman–Crippen LogP) is 2.36. The number of rotatable bonds is 3. The maximum atomic E-state index is 6.21. The summed E-state index contributed by atoms with van der Waals surface area (Å²) in [6, 6.07) is 0.431. The van der Waals surface area contributed by atoms with E-state index in [-0.39, 0.29) is 0 Å². The van der Waals surface area contributed by atoms with Crippen LogP contribution in [0.2, 0.25) is 0 Å². The van der Waals surface area contributed by atoms with Crippen molar-refractivity contribution >= 4 is 11.8 Å². The van der Waals surface area contributed by atoms with Crippen LogP contribution in [-0.4, -0.2) is 17.5 Å². The fourth-order valence-electron chi connectivity index (χ4n) is 1.73. The second-order valence-corrected chi connectivity index (χ2v) is 5.45. The molecule has 2 N–H and O–H groups in total. The smallest absolute Gasteiger partial charge is 0.0104 e. The second-order valence-electron chi connectivity index (χ2n) is 4.30. The normalized spacial score (nSPS) is 29.2. The summed E-state index contributed by atoms with van der Waals surface area (Å²) in [4.78, 5) is 0. The fourth-order valence-corrected chi connectivity index (χ4v) is 3.06. The van der Waals surface area contributed by atoms with Crippen LogP contribution in [0.5, 0.6) is 0 Å². The lowest BCUT2D eigenvalue weighted by atomic mass is 9.83. The maximum absolute atomic E-state index is 6.21. The molecule has 1 rings (SSSR count). The van der Waals surface area contributed by atoms with Crippen LogP contribution < -0.4 is 5.73 Å². The van der Waals surface area contributed by atoms with Gasteiger partial charge >= 0.3 is 0 Å². The average Bonchev–Trinajstić information content (AvgIpc) is 2.53. The summed E-state index contributed by atoms with van der Waals surface area (Å²) in [5.74, 6) is 4.80. The summed E-state index contributed by atoms with van der Waals surface area (Å²) in [5.41, 5.74) is 6.21. The molecule has 0 aromatic carbocycles. The molecule has 1 aliphatic rings. The highest BCUT2D eigenvalue weighted by Gasteiger charge is 2.27. The Kier molecular flexibility index (Phi) is 3.91. The zero-order valence-corrected chi connectivity index (χ0v) is 9.23. The van der Waals surface area contributed by atoms with Crippen LogP contribution in [0, 0.1) is 17.8 Å². The SMILES string of the molecule is CC(C)C(C)C(N)C1CCSC1. The molecular weight excluding hydrogens is 166 g/mol. The van der Waals surface area contributed by atoms with Gasteiger partial charge in [-0.15, -0.1) is 0 Å². The molecule has 0 spiro atoms. The predicted molar refractivity (Wildman–Crippen MR) is 57.4 cm³/mol. The van der Waals surface area contributed by atoms with Crippen molar-refractivity contribution in [2.24, 2.45) is 23.5 Å². The van der Waals surface area contributed by atoms with E-state index in [1.54, 1.807) is 0 Å². The minimum atomic E-state index is 0.431. The Morgan fingerprint density at radius 2 is 2.00 bits per heavy atom. The van der Waals surface area contributed by atoms with Crippen molar-refractivity contribution in [2.45, 2.75) is 33.2 Å². The molecule has 0 amide bonds. The quantitative estimate of drug-likeness (QED) is 0.734. The number of nitrogens with two attached hydrogens (primary N) is 1. The Morgan fingerprint density at radius 1 is 1.33 bits per heavy atom. The molecule has 0 saturated carbocycles. The van der Waals surface area contributed by atoms with E-state index < -0.39 is 0 Å². The molecule has 0 aromatic rings.